The van der Waals surface area contributed by atoms with E-state index in [9.17, 15) is 19.5 Å². The third kappa shape index (κ3) is 4.44. The lowest BCUT2D eigenvalue weighted by Crippen LogP contribution is -2.55. The fraction of sp³-hybridized carbons (Fsp3) is 0.296. The largest absolute Gasteiger partial charge is 0.506 e. The summed E-state index contributed by atoms with van der Waals surface area (Å²) in [5.41, 5.74) is 0.777. The van der Waals surface area contributed by atoms with E-state index in [-0.39, 0.29) is 29.0 Å². The predicted octanol–water partition coefficient (Wildman–Crippen LogP) is 3.79. The topological polar surface area (TPSA) is 81.2 Å². The highest BCUT2D eigenvalue weighted by Crippen LogP contribution is 2.31. The van der Waals surface area contributed by atoms with Gasteiger partial charge in [0.25, 0.3) is 11.8 Å². The number of phenols is 1. The number of likely N-dealkylation sites (tertiary alicyclic amines) is 1. The zero-order chi connectivity index (χ0) is 24.5. The number of hydrogen-bond donors (Lipinski definition) is 1. The number of fused-ring (bicyclic) bond motifs is 1. The summed E-state index contributed by atoms with van der Waals surface area (Å²) in [7, 11) is 0. The molecule has 0 saturated carbocycles. The lowest BCUT2D eigenvalue weighted by Gasteiger charge is -2.37. The van der Waals surface area contributed by atoms with Crippen molar-refractivity contribution < 1.29 is 19.5 Å². The number of halogens is 1. The van der Waals surface area contributed by atoms with Crippen molar-refractivity contribution in [2.24, 2.45) is 0 Å². The van der Waals surface area contributed by atoms with Crippen molar-refractivity contribution in [1.82, 2.24) is 14.7 Å². The Morgan fingerprint density at radius 2 is 1.49 bits per heavy atom. The molecular formula is C27H26ClN3O4. The fourth-order valence-corrected chi connectivity index (χ4v) is 5.09. The Hall–Kier alpha value is -3.58. The molecule has 3 amide bonds. The van der Waals surface area contributed by atoms with Gasteiger partial charge < -0.3 is 19.8 Å². The van der Waals surface area contributed by atoms with Gasteiger partial charge in [0.2, 0.25) is 5.91 Å². The van der Waals surface area contributed by atoms with Gasteiger partial charge >= 0.3 is 0 Å². The van der Waals surface area contributed by atoms with Crippen molar-refractivity contribution in [2.75, 3.05) is 32.7 Å². The molecule has 0 aromatic heterocycles. The number of carbonyl (C=O) groups is 3. The third-order valence-corrected chi connectivity index (χ3v) is 7.15. The summed E-state index contributed by atoms with van der Waals surface area (Å²) in [5, 5.41) is 12.8. The lowest BCUT2D eigenvalue weighted by atomic mass is 10.0. The molecule has 180 valence electrons. The minimum Gasteiger partial charge on any atom is -0.506 e. The van der Waals surface area contributed by atoms with Gasteiger partial charge in [0, 0.05) is 48.7 Å². The van der Waals surface area contributed by atoms with Crippen LogP contribution in [0.15, 0.2) is 60.7 Å². The quantitative estimate of drug-likeness (QED) is 0.604. The van der Waals surface area contributed by atoms with Gasteiger partial charge in [-0.2, -0.15) is 0 Å². The molecule has 1 unspecified atom stereocenters. The van der Waals surface area contributed by atoms with Crippen molar-refractivity contribution in [3.8, 4) is 5.75 Å². The third-order valence-electron chi connectivity index (χ3n) is 6.90. The first-order valence-electron chi connectivity index (χ1n) is 11.8. The van der Waals surface area contributed by atoms with Gasteiger partial charge in [-0.25, -0.2) is 0 Å². The van der Waals surface area contributed by atoms with Crippen LogP contribution in [0.1, 0.15) is 33.6 Å². The molecule has 3 aromatic carbocycles. The fourth-order valence-electron chi connectivity index (χ4n) is 4.96. The molecule has 35 heavy (non-hydrogen) atoms. The molecule has 2 heterocycles. The molecule has 2 saturated heterocycles. The zero-order valence-electron chi connectivity index (χ0n) is 19.2. The highest BCUT2D eigenvalue weighted by atomic mass is 35.5. The molecule has 1 N–H and O–H groups in total. The summed E-state index contributed by atoms with van der Waals surface area (Å²) in [5.74, 6) is -0.575. The SMILES string of the molecule is O=C(c1ccc(Cl)cc1)N1CCN(C(=O)C2CCCN2C(=O)c2ccc3ccccc3c2O)CC1. The highest BCUT2D eigenvalue weighted by Gasteiger charge is 2.38. The van der Waals surface area contributed by atoms with Gasteiger partial charge in [-0.1, -0.05) is 41.9 Å². The van der Waals surface area contributed by atoms with Crippen LogP contribution in [-0.4, -0.2) is 76.3 Å². The summed E-state index contributed by atoms with van der Waals surface area (Å²) >= 11 is 5.91. The number of hydrogen-bond acceptors (Lipinski definition) is 4. The van der Waals surface area contributed by atoms with Crippen LogP contribution in [0.5, 0.6) is 5.75 Å². The molecule has 7 nitrogen and oxygen atoms in total. The van der Waals surface area contributed by atoms with Crippen LogP contribution in [0.2, 0.25) is 5.02 Å². The average Bonchev–Trinajstić information content (AvgIpc) is 3.38. The van der Waals surface area contributed by atoms with Crippen LogP contribution in [0.4, 0.5) is 0 Å². The van der Waals surface area contributed by atoms with E-state index in [1.807, 2.05) is 24.3 Å². The number of benzene rings is 3. The normalized spacial score (nSPS) is 18.2. The van der Waals surface area contributed by atoms with E-state index >= 15 is 0 Å². The Morgan fingerprint density at radius 3 is 2.23 bits per heavy atom. The Kier molecular flexibility index (Phi) is 6.34. The highest BCUT2D eigenvalue weighted by molar-refractivity contribution is 6.30. The van der Waals surface area contributed by atoms with Crippen LogP contribution >= 0.6 is 11.6 Å². The summed E-state index contributed by atoms with van der Waals surface area (Å²) in [6.45, 7) is 2.16. The first kappa shape index (κ1) is 23.2. The zero-order valence-corrected chi connectivity index (χ0v) is 19.9. The van der Waals surface area contributed by atoms with E-state index in [2.05, 4.69) is 0 Å². The number of nitrogens with zero attached hydrogens (tertiary/aromatic N) is 3. The molecule has 8 heteroatoms. The molecule has 1 atom stereocenters. The maximum absolute atomic E-state index is 13.4. The Bertz CT molecular complexity index is 1290. The monoisotopic (exact) mass is 491 g/mol. The molecule has 3 aromatic rings. The maximum Gasteiger partial charge on any atom is 0.258 e. The van der Waals surface area contributed by atoms with Gasteiger partial charge in [0.15, 0.2) is 0 Å². The smallest absolute Gasteiger partial charge is 0.258 e. The van der Waals surface area contributed by atoms with Crippen LogP contribution in [-0.2, 0) is 4.79 Å². The number of amides is 3. The number of aromatic hydroxyl groups is 1. The molecule has 2 fully saturated rings. The number of piperazine rings is 1. The van der Waals surface area contributed by atoms with Crippen molar-refractivity contribution in [3.63, 3.8) is 0 Å². The van der Waals surface area contributed by atoms with Gasteiger partial charge in [-0.3, -0.25) is 14.4 Å². The van der Waals surface area contributed by atoms with E-state index in [0.717, 1.165) is 11.8 Å². The average molecular weight is 492 g/mol. The van der Waals surface area contributed by atoms with Crippen LogP contribution < -0.4 is 0 Å². The maximum atomic E-state index is 13.4. The Morgan fingerprint density at radius 1 is 0.800 bits per heavy atom. The van der Waals surface area contributed by atoms with Crippen LogP contribution in [0.25, 0.3) is 10.8 Å². The second kappa shape index (κ2) is 9.58. The minimum atomic E-state index is -0.563. The number of carbonyl (C=O) groups excluding carboxylic acids is 3. The van der Waals surface area contributed by atoms with E-state index < -0.39 is 6.04 Å². The van der Waals surface area contributed by atoms with Gasteiger partial charge in [-0.05, 0) is 48.6 Å². The molecule has 0 bridgehead atoms. The van der Waals surface area contributed by atoms with E-state index in [1.165, 1.54) is 0 Å². The Balaban J connectivity index is 1.26. The second-order valence-corrected chi connectivity index (χ2v) is 9.40. The molecule has 0 radical (unpaired) electrons. The molecule has 5 rings (SSSR count). The van der Waals surface area contributed by atoms with Gasteiger partial charge in [-0.15, -0.1) is 0 Å². The first-order valence-corrected chi connectivity index (χ1v) is 12.2. The summed E-state index contributed by atoms with van der Waals surface area (Å²) in [6, 6.07) is 17.0. The van der Waals surface area contributed by atoms with Crippen LogP contribution in [0.3, 0.4) is 0 Å². The summed E-state index contributed by atoms with van der Waals surface area (Å²) in [6.07, 6.45) is 1.31. The standard InChI is InChI=1S/C27H26ClN3O4/c28-20-10-7-19(8-11-20)25(33)29-14-16-30(17-15-29)27(35)23-6-3-13-31(23)26(34)22-12-9-18-4-1-2-5-21(18)24(22)32/h1-2,4-5,7-12,23,32H,3,6,13-17H2. The van der Waals surface area contributed by atoms with E-state index in [4.69, 9.17) is 11.6 Å². The molecule has 2 aliphatic rings. The van der Waals surface area contributed by atoms with Gasteiger partial charge in [0.1, 0.15) is 11.8 Å². The number of rotatable bonds is 3. The second-order valence-electron chi connectivity index (χ2n) is 8.96. The molecule has 2 aliphatic heterocycles. The Labute approximate surface area is 208 Å². The molecule has 0 spiro atoms. The van der Waals surface area contributed by atoms with E-state index in [0.29, 0.717) is 55.1 Å². The van der Waals surface area contributed by atoms with Gasteiger partial charge in [0.05, 0.1) is 5.56 Å². The first-order chi connectivity index (χ1) is 16.9. The van der Waals surface area contributed by atoms with E-state index in [1.54, 1.807) is 51.1 Å². The lowest BCUT2D eigenvalue weighted by molar-refractivity contribution is -0.136. The van der Waals surface area contributed by atoms with Crippen molar-refractivity contribution in [2.45, 2.75) is 18.9 Å². The van der Waals surface area contributed by atoms with Crippen molar-refractivity contribution >= 4 is 40.1 Å². The van der Waals surface area contributed by atoms with Crippen LogP contribution in [0, 0.1) is 0 Å². The summed E-state index contributed by atoms with van der Waals surface area (Å²) in [4.78, 5) is 44.6. The summed E-state index contributed by atoms with van der Waals surface area (Å²) < 4.78 is 0. The minimum absolute atomic E-state index is 0.0551. The van der Waals surface area contributed by atoms with Crippen molar-refractivity contribution in [1.29, 1.82) is 0 Å². The van der Waals surface area contributed by atoms with Crippen molar-refractivity contribution in [3.05, 3.63) is 76.8 Å². The molecule has 0 aliphatic carbocycles. The number of phenolic OH excluding ortho intramolecular Hbond substituents is 1. The molecular weight excluding hydrogens is 466 g/mol. The predicted molar refractivity (Wildman–Crippen MR) is 134 cm³/mol.